The molecule has 0 aliphatic rings. The van der Waals surface area contributed by atoms with E-state index >= 15 is 0 Å². The summed E-state index contributed by atoms with van der Waals surface area (Å²) >= 11 is 0. The Bertz CT molecular complexity index is 429. The van der Waals surface area contributed by atoms with Gasteiger partial charge in [0.05, 0.1) is 12.0 Å². The molecule has 1 aromatic rings. The largest absolute Gasteiger partial charge is 0.466 e. The Balaban J connectivity index is 2.91. The van der Waals surface area contributed by atoms with E-state index in [4.69, 9.17) is 10.5 Å². The highest BCUT2D eigenvalue weighted by Crippen LogP contribution is 2.24. The van der Waals surface area contributed by atoms with E-state index in [2.05, 4.69) is 32.0 Å². The lowest BCUT2D eigenvalue weighted by Crippen LogP contribution is -2.39. The quantitative estimate of drug-likeness (QED) is 0.815. The molecule has 18 heavy (non-hydrogen) atoms. The molecule has 0 aliphatic carbocycles. The van der Waals surface area contributed by atoms with Crippen molar-refractivity contribution in [2.75, 3.05) is 13.2 Å². The molecule has 0 heterocycles. The zero-order chi connectivity index (χ0) is 13.8. The summed E-state index contributed by atoms with van der Waals surface area (Å²) in [6.07, 6.45) is 0.615. The van der Waals surface area contributed by atoms with E-state index in [1.807, 2.05) is 13.8 Å². The van der Waals surface area contributed by atoms with Gasteiger partial charge < -0.3 is 10.5 Å². The monoisotopic (exact) mass is 249 g/mol. The second-order valence-electron chi connectivity index (χ2n) is 5.08. The van der Waals surface area contributed by atoms with E-state index in [9.17, 15) is 4.79 Å². The zero-order valence-electron chi connectivity index (χ0n) is 11.7. The van der Waals surface area contributed by atoms with E-state index in [-0.39, 0.29) is 5.97 Å². The van der Waals surface area contributed by atoms with Crippen LogP contribution in [0.2, 0.25) is 0 Å². The van der Waals surface area contributed by atoms with Crippen molar-refractivity contribution in [1.29, 1.82) is 0 Å². The van der Waals surface area contributed by atoms with Crippen LogP contribution in [-0.2, 0) is 16.0 Å². The Kier molecular flexibility index (Phi) is 4.91. The second-order valence-corrected chi connectivity index (χ2v) is 5.08. The highest BCUT2D eigenvalue weighted by molar-refractivity contribution is 5.77. The van der Waals surface area contributed by atoms with E-state index in [0.29, 0.717) is 19.6 Å². The summed E-state index contributed by atoms with van der Waals surface area (Å²) < 4.78 is 5.11. The third-order valence-electron chi connectivity index (χ3n) is 3.38. The number of carbonyl (C=O) groups excluding carboxylic acids is 1. The topological polar surface area (TPSA) is 52.3 Å². The molecule has 0 saturated carbocycles. The lowest BCUT2D eigenvalue weighted by Gasteiger charge is -2.25. The highest BCUT2D eigenvalue weighted by Gasteiger charge is 2.33. The van der Waals surface area contributed by atoms with Crippen molar-refractivity contribution >= 4 is 5.97 Å². The lowest BCUT2D eigenvalue weighted by molar-refractivity contribution is -0.153. The van der Waals surface area contributed by atoms with Gasteiger partial charge in [0.15, 0.2) is 0 Å². The lowest BCUT2D eigenvalue weighted by atomic mass is 9.83. The molecule has 0 radical (unpaired) electrons. The predicted octanol–water partition coefficient (Wildman–Crippen LogP) is 2.37. The van der Waals surface area contributed by atoms with Gasteiger partial charge in [-0.15, -0.1) is 0 Å². The summed E-state index contributed by atoms with van der Waals surface area (Å²) in [6, 6.07) is 6.24. The molecule has 1 rings (SSSR count). The molecular formula is C15H23NO2. The minimum atomic E-state index is -0.641. The average Bonchev–Trinajstić information content (AvgIpc) is 2.34. The Morgan fingerprint density at radius 1 is 1.33 bits per heavy atom. The van der Waals surface area contributed by atoms with Crippen molar-refractivity contribution in [2.24, 2.45) is 11.1 Å². The summed E-state index contributed by atoms with van der Waals surface area (Å²) in [7, 11) is 0. The summed E-state index contributed by atoms with van der Waals surface area (Å²) in [5.74, 6) is -0.217. The fourth-order valence-corrected chi connectivity index (χ4v) is 1.90. The molecule has 0 bridgehead atoms. The smallest absolute Gasteiger partial charge is 0.313 e. The molecule has 100 valence electrons. The van der Waals surface area contributed by atoms with Crippen molar-refractivity contribution in [3.63, 3.8) is 0 Å². The molecule has 0 amide bonds. The van der Waals surface area contributed by atoms with Crippen LogP contribution in [0.5, 0.6) is 0 Å². The SMILES string of the molecule is CCOC(=O)C(C)(CN)Cc1ccc(C)c(C)c1. The molecule has 1 atom stereocenters. The third-order valence-corrected chi connectivity index (χ3v) is 3.38. The number of rotatable bonds is 5. The van der Waals surface area contributed by atoms with Crippen LogP contribution in [0, 0.1) is 19.3 Å². The number of carbonyl (C=O) groups is 1. The molecule has 0 aromatic heterocycles. The molecule has 3 heteroatoms. The minimum Gasteiger partial charge on any atom is -0.466 e. The molecule has 3 nitrogen and oxygen atoms in total. The van der Waals surface area contributed by atoms with Gasteiger partial charge in [0.2, 0.25) is 0 Å². The maximum atomic E-state index is 12.0. The number of hydrogen-bond donors (Lipinski definition) is 1. The van der Waals surface area contributed by atoms with Gasteiger partial charge in [0, 0.05) is 6.54 Å². The van der Waals surface area contributed by atoms with E-state index in [0.717, 1.165) is 5.56 Å². The van der Waals surface area contributed by atoms with Gasteiger partial charge in [-0.2, -0.15) is 0 Å². The first-order valence-corrected chi connectivity index (χ1v) is 6.36. The number of esters is 1. The van der Waals surface area contributed by atoms with Crippen LogP contribution in [0.25, 0.3) is 0 Å². The van der Waals surface area contributed by atoms with Crippen LogP contribution in [0.4, 0.5) is 0 Å². The second kappa shape index (κ2) is 6.01. The first-order chi connectivity index (χ1) is 8.42. The van der Waals surface area contributed by atoms with Crippen molar-refractivity contribution < 1.29 is 9.53 Å². The summed E-state index contributed by atoms with van der Waals surface area (Å²) in [5.41, 5.74) is 8.72. The molecule has 0 spiro atoms. The van der Waals surface area contributed by atoms with Crippen LogP contribution < -0.4 is 5.73 Å². The molecule has 1 unspecified atom stereocenters. The van der Waals surface area contributed by atoms with E-state index < -0.39 is 5.41 Å². The Morgan fingerprint density at radius 3 is 2.50 bits per heavy atom. The Hall–Kier alpha value is -1.35. The van der Waals surface area contributed by atoms with Crippen molar-refractivity contribution in [3.8, 4) is 0 Å². The number of ether oxygens (including phenoxy) is 1. The summed E-state index contributed by atoms with van der Waals surface area (Å²) in [6.45, 7) is 8.50. The molecule has 0 fully saturated rings. The van der Waals surface area contributed by atoms with E-state index in [1.54, 1.807) is 0 Å². The fourth-order valence-electron chi connectivity index (χ4n) is 1.90. The maximum Gasteiger partial charge on any atom is 0.313 e. The average molecular weight is 249 g/mol. The standard InChI is InChI=1S/C15H23NO2/c1-5-18-14(17)15(4,10-16)9-13-7-6-11(2)12(3)8-13/h6-8H,5,9-10,16H2,1-4H3. The van der Waals surface area contributed by atoms with Gasteiger partial charge in [0.1, 0.15) is 0 Å². The van der Waals surface area contributed by atoms with Gasteiger partial charge in [0.25, 0.3) is 0 Å². The molecule has 0 saturated heterocycles. The van der Waals surface area contributed by atoms with Crippen LogP contribution in [0.15, 0.2) is 18.2 Å². The summed E-state index contributed by atoms with van der Waals surface area (Å²) in [5, 5.41) is 0. The first kappa shape index (κ1) is 14.7. The molecule has 1 aromatic carbocycles. The van der Waals surface area contributed by atoms with Crippen molar-refractivity contribution in [1.82, 2.24) is 0 Å². The van der Waals surface area contributed by atoms with Gasteiger partial charge in [-0.05, 0) is 50.8 Å². The highest BCUT2D eigenvalue weighted by atomic mass is 16.5. The van der Waals surface area contributed by atoms with Gasteiger partial charge in [-0.3, -0.25) is 4.79 Å². The van der Waals surface area contributed by atoms with Gasteiger partial charge in [-0.25, -0.2) is 0 Å². The number of hydrogen-bond acceptors (Lipinski definition) is 3. The van der Waals surface area contributed by atoms with Crippen LogP contribution >= 0.6 is 0 Å². The Morgan fingerprint density at radius 2 is 2.00 bits per heavy atom. The van der Waals surface area contributed by atoms with Crippen LogP contribution in [-0.4, -0.2) is 19.1 Å². The van der Waals surface area contributed by atoms with Gasteiger partial charge >= 0.3 is 5.97 Å². The fraction of sp³-hybridized carbons (Fsp3) is 0.533. The van der Waals surface area contributed by atoms with Gasteiger partial charge in [-0.1, -0.05) is 18.2 Å². The van der Waals surface area contributed by atoms with Crippen molar-refractivity contribution in [3.05, 3.63) is 34.9 Å². The minimum absolute atomic E-state index is 0.217. The number of nitrogens with two attached hydrogens (primary N) is 1. The predicted molar refractivity (Wildman–Crippen MR) is 73.4 cm³/mol. The van der Waals surface area contributed by atoms with E-state index in [1.165, 1.54) is 11.1 Å². The summed E-state index contributed by atoms with van der Waals surface area (Å²) in [4.78, 5) is 12.0. The van der Waals surface area contributed by atoms with Crippen molar-refractivity contribution in [2.45, 2.75) is 34.1 Å². The normalized spacial score (nSPS) is 14.1. The van der Waals surface area contributed by atoms with Crippen LogP contribution in [0.3, 0.4) is 0 Å². The number of aryl methyl sites for hydroxylation is 2. The maximum absolute atomic E-state index is 12.0. The number of benzene rings is 1. The molecule has 2 N–H and O–H groups in total. The third kappa shape index (κ3) is 3.33. The van der Waals surface area contributed by atoms with Crippen LogP contribution in [0.1, 0.15) is 30.5 Å². The molecule has 0 aliphatic heterocycles. The zero-order valence-corrected chi connectivity index (χ0v) is 11.7. The Labute approximate surface area is 109 Å². The molecular weight excluding hydrogens is 226 g/mol. The first-order valence-electron chi connectivity index (χ1n) is 6.36.